The molecule has 1 aromatic rings. The summed E-state index contributed by atoms with van der Waals surface area (Å²) in [6.07, 6.45) is 3.49. The first-order valence-corrected chi connectivity index (χ1v) is 9.76. The number of benzene rings is 1. The Morgan fingerprint density at radius 1 is 1.19 bits per heavy atom. The van der Waals surface area contributed by atoms with Crippen LogP contribution < -0.4 is 5.32 Å². The summed E-state index contributed by atoms with van der Waals surface area (Å²) in [5.41, 5.74) is 0.654. The fourth-order valence-corrected chi connectivity index (χ4v) is 4.18. The van der Waals surface area contributed by atoms with Crippen LogP contribution in [0.2, 0.25) is 0 Å². The van der Waals surface area contributed by atoms with Gasteiger partial charge in [0.1, 0.15) is 0 Å². The van der Waals surface area contributed by atoms with Crippen LogP contribution in [0, 0.1) is 17.8 Å². The Kier molecular flexibility index (Phi) is 6.14. The number of anilines is 1. The molecule has 0 spiro atoms. The molecular formula is C21H28N2O4. The summed E-state index contributed by atoms with van der Waals surface area (Å²) in [6, 6.07) is 9.22. The first kappa shape index (κ1) is 19.4. The zero-order valence-corrected chi connectivity index (χ0v) is 16.0. The molecule has 6 heteroatoms. The minimum Gasteiger partial charge on any atom is -0.455 e. The maximum atomic E-state index is 12.5. The monoisotopic (exact) mass is 372 g/mol. The van der Waals surface area contributed by atoms with E-state index in [0.717, 1.165) is 12.8 Å². The smallest absolute Gasteiger partial charge is 0.311 e. The van der Waals surface area contributed by atoms with Crippen molar-refractivity contribution in [2.24, 2.45) is 17.8 Å². The van der Waals surface area contributed by atoms with Gasteiger partial charge >= 0.3 is 5.97 Å². The van der Waals surface area contributed by atoms with Gasteiger partial charge in [-0.25, -0.2) is 0 Å². The number of likely N-dealkylation sites (tertiary alicyclic amines) is 1. The van der Waals surface area contributed by atoms with E-state index in [-0.39, 0.29) is 30.9 Å². The van der Waals surface area contributed by atoms with Gasteiger partial charge < -0.3 is 15.0 Å². The van der Waals surface area contributed by atoms with E-state index in [0.29, 0.717) is 24.1 Å². The number of esters is 1. The van der Waals surface area contributed by atoms with Gasteiger partial charge in [-0.2, -0.15) is 0 Å². The van der Waals surface area contributed by atoms with Crippen molar-refractivity contribution >= 4 is 23.5 Å². The normalized spacial score (nSPS) is 28.1. The molecule has 1 aromatic carbocycles. The second-order valence-corrected chi connectivity index (χ2v) is 7.80. The first-order valence-electron chi connectivity index (χ1n) is 9.76. The number of hydrogen-bond donors (Lipinski definition) is 1. The van der Waals surface area contributed by atoms with Crippen molar-refractivity contribution in [1.29, 1.82) is 0 Å². The highest BCUT2D eigenvalue weighted by atomic mass is 16.5. The second-order valence-electron chi connectivity index (χ2n) is 7.80. The lowest BCUT2D eigenvalue weighted by molar-refractivity contribution is -0.151. The molecule has 0 bridgehead atoms. The minimum atomic E-state index is -0.480. The summed E-state index contributed by atoms with van der Waals surface area (Å²) >= 11 is 0. The summed E-state index contributed by atoms with van der Waals surface area (Å²) in [6.45, 7) is 4.49. The quantitative estimate of drug-likeness (QED) is 0.807. The third kappa shape index (κ3) is 4.67. The molecule has 1 aliphatic heterocycles. The Hall–Kier alpha value is -2.37. The van der Waals surface area contributed by atoms with E-state index in [9.17, 15) is 14.4 Å². The molecule has 0 unspecified atom stereocenters. The predicted octanol–water partition coefficient (Wildman–Crippen LogP) is 2.84. The lowest BCUT2D eigenvalue weighted by Crippen LogP contribution is -2.45. The maximum Gasteiger partial charge on any atom is 0.311 e. The molecule has 0 radical (unpaired) electrons. The highest BCUT2D eigenvalue weighted by Crippen LogP contribution is 2.35. The minimum absolute atomic E-state index is 0.0247. The van der Waals surface area contributed by atoms with Crippen molar-refractivity contribution in [3.8, 4) is 0 Å². The number of nitrogens with one attached hydrogen (secondary N) is 1. The number of hydrogen-bond acceptors (Lipinski definition) is 4. The van der Waals surface area contributed by atoms with E-state index >= 15 is 0 Å². The Morgan fingerprint density at radius 3 is 2.67 bits per heavy atom. The van der Waals surface area contributed by atoms with E-state index in [4.69, 9.17) is 4.74 Å². The van der Waals surface area contributed by atoms with Gasteiger partial charge in [-0.1, -0.05) is 44.9 Å². The summed E-state index contributed by atoms with van der Waals surface area (Å²) in [5.74, 6) is -0.280. The molecule has 1 saturated heterocycles. The molecule has 2 amide bonds. The Balaban J connectivity index is 1.49. The highest BCUT2D eigenvalue weighted by Gasteiger charge is 2.42. The van der Waals surface area contributed by atoms with E-state index in [2.05, 4.69) is 19.2 Å². The first-order chi connectivity index (χ1) is 13.0. The van der Waals surface area contributed by atoms with Crippen LogP contribution in [0.15, 0.2) is 30.3 Å². The van der Waals surface area contributed by atoms with E-state index in [1.54, 1.807) is 12.1 Å². The average Bonchev–Trinajstić information content (AvgIpc) is 3.04. The third-order valence-electron chi connectivity index (χ3n) is 5.96. The molecule has 2 aliphatic rings. The summed E-state index contributed by atoms with van der Waals surface area (Å²) in [5, 5.41) is 2.67. The molecule has 146 valence electrons. The van der Waals surface area contributed by atoms with Gasteiger partial charge in [-0.05, 0) is 30.4 Å². The fraction of sp³-hybridized carbons (Fsp3) is 0.571. The highest BCUT2D eigenvalue weighted by molar-refractivity contribution is 5.93. The van der Waals surface area contributed by atoms with Gasteiger partial charge in [0.2, 0.25) is 5.91 Å². The van der Waals surface area contributed by atoms with Gasteiger partial charge in [0, 0.05) is 24.7 Å². The van der Waals surface area contributed by atoms with Crippen LogP contribution in [0.3, 0.4) is 0 Å². The van der Waals surface area contributed by atoms with Crippen molar-refractivity contribution in [2.45, 2.75) is 45.6 Å². The van der Waals surface area contributed by atoms with Crippen LogP contribution in [0.1, 0.15) is 39.5 Å². The van der Waals surface area contributed by atoms with Gasteiger partial charge in [-0.3, -0.25) is 14.4 Å². The molecule has 1 heterocycles. The van der Waals surface area contributed by atoms with E-state index in [1.165, 1.54) is 6.42 Å². The topological polar surface area (TPSA) is 75.7 Å². The second kappa shape index (κ2) is 8.55. The summed E-state index contributed by atoms with van der Waals surface area (Å²) in [4.78, 5) is 38.6. The molecular weight excluding hydrogens is 344 g/mol. The van der Waals surface area contributed by atoms with Crippen molar-refractivity contribution in [3.63, 3.8) is 0 Å². The Bertz CT molecular complexity index is 691. The van der Waals surface area contributed by atoms with Crippen molar-refractivity contribution in [2.75, 3.05) is 18.5 Å². The SMILES string of the molecule is C[C@H]1[C@H](N2C[C@H](C(=O)OCC(=O)Nc3ccccc3)CC2=O)CCC[C@@H]1C. The standard InChI is InChI=1S/C21H28N2O4/c1-14-7-6-10-18(15(14)2)23-12-16(11-20(23)25)21(26)27-13-19(24)22-17-8-4-3-5-9-17/h3-5,8-9,14-16,18H,6-7,10-13H2,1-2H3,(H,22,24)/t14-,15+,16+,18+/m0/s1. The van der Waals surface area contributed by atoms with Gasteiger partial charge in [0.25, 0.3) is 5.91 Å². The number of carbonyl (C=O) groups excluding carboxylic acids is 3. The van der Waals surface area contributed by atoms with Crippen molar-refractivity contribution in [1.82, 2.24) is 4.90 Å². The number of nitrogens with zero attached hydrogens (tertiary/aromatic N) is 1. The molecule has 3 rings (SSSR count). The predicted molar refractivity (Wildman–Crippen MR) is 102 cm³/mol. The number of rotatable bonds is 5. The third-order valence-corrected chi connectivity index (χ3v) is 5.96. The number of para-hydroxylation sites is 1. The zero-order chi connectivity index (χ0) is 19.4. The molecule has 27 heavy (non-hydrogen) atoms. The Labute approximate surface area is 160 Å². The number of ether oxygens (including phenoxy) is 1. The lowest BCUT2D eigenvalue weighted by Gasteiger charge is -2.39. The molecule has 0 aromatic heterocycles. The molecule has 1 aliphatic carbocycles. The molecule has 2 fully saturated rings. The zero-order valence-electron chi connectivity index (χ0n) is 16.0. The molecule has 1 saturated carbocycles. The fourth-order valence-electron chi connectivity index (χ4n) is 4.18. The van der Waals surface area contributed by atoms with Crippen LogP contribution in [-0.2, 0) is 19.1 Å². The van der Waals surface area contributed by atoms with Crippen LogP contribution in [0.25, 0.3) is 0 Å². The lowest BCUT2D eigenvalue weighted by atomic mass is 9.77. The maximum absolute atomic E-state index is 12.5. The average molecular weight is 372 g/mol. The van der Waals surface area contributed by atoms with Gasteiger partial charge in [0.05, 0.1) is 5.92 Å². The van der Waals surface area contributed by atoms with Gasteiger partial charge in [-0.15, -0.1) is 0 Å². The largest absolute Gasteiger partial charge is 0.455 e. The van der Waals surface area contributed by atoms with Crippen LogP contribution in [0.4, 0.5) is 5.69 Å². The summed E-state index contributed by atoms with van der Waals surface area (Å²) < 4.78 is 5.16. The van der Waals surface area contributed by atoms with Crippen molar-refractivity contribution < 1.29 is 19.1 Å². The molecule has 6 nitrogen and oxygen atoms in total. The Morgan fingerprint density at radius 2 is 1.93 bits per heavy atom. The number of carbonyl (C=O) groups is 3. The van der Waals surface area contributed by atoms with Crippen LogP contribution in [-0.4, -0.2) is 41.9 Å². The molecule has 1 N–H and O–H groups in total. The number of amides is 2. The van der Waals surface area contributed by atoms with E-state index < -0.39 is 11.9 Å². The van der Waals surface area contributed by atoms with Crippen LogP contribution >= 0.6 is 0 Å². The van der Waals surface area contributed by atoms with E-state index in [1.807, 2.05) is 23.1 Å². The summed E-state index contributed by atoms with van der Waals surface area (Å²) in [7, 11) is 0. The van der Waals surface area contributed by atoms with Gasteiger partial charge in [0.15, 0.2) is 6.61 Å². The van der Waals surface area contributed by atoms with Crippen LogP contribution in [0.5, 0.6) is 0 Å². The molecule has 4 atom stereocenters. The van der Waals surface area contributed by atoms with Crippen molar-refractivity contribution in [3.05, 3.63) is 30.3 Å².